The molecule has 0 spiro atoms. The van der Waals surface area contributed by atoms with Gasteiger partial charge in [0.1, 0.15) is 65.9 Å². The highest BCUT2D eigenvalue weighted by molar-refractivity contribution is 5.98. The van der Waals surface area contributed by atoms with Crippen LogP contribution in [0.4, 0.5) is 13.2 Å². The Bertz CT molecular complexity index is 2120. The Morgan fingerprint density at radius 2 is 1.61 bits per heavy atom. The molecule has 4 aliphatic heterocycles. The van der Waals surface area contributed by atoms with E-state index in [2.05, 4.69) is 16.0 Å². The fourth-order valence-corrected chi connectivity index (χ4v) is 8.22. The van der Waals surface area contributed by atoms with Gasteiger partial charge < -0.3 is 45.2 Å². The lowest BCUT2D eigenvalue weighted by Crippen LogP contribution is -2.64. The molecule has 6 rings (SSSR count). The van der Waals surface area contributed by atoms with Gasteiger partial charge in [-0.05, 0) is 61.6 Å². The second-order valence-electron chi connectivity index (χ2n) is 15.9. The van der Waals surface area contributed by atoms with E-state index in [4.69, 9.17) is 9.47 Å². The van der Waals surface area contributed by atoms with Crippen LogP contribution in [0.3, 0.4) is 0 Å². The zero-order valence-corrected chi connectivity index (χ0v) is 33.6. The number of fused-ring (bicyclic) bond motifs is 3. The van der Waals surface area contributed by atoms with Gasteiger partial charge in [0, 0.05) is 38.5 Å². The first-order chi connectivity index (χ1) is 28.9. The smallest absolute Gasteiger partial charge is 0.329 e. The number of carbonyl (C=O) groups excluding carboxylic acids is 7. The van der Waals surface area contributed by atoms with Crippen LogP contribution in [0.5, 0.6) is 0 Å². The van der Waals surface area contributed by atoms with Gasteiger partial charge in [0.2, 0.25) is 35.4 Å². The van der Waals surface area contributed by atoms with Gasteiger partial charge in [-0.3, -0.25) is 28.8 Å². The van der Waals surface area contributed by atoms with Crippen LogP contribution in [-0.2, 0) is 55.9 Å². The molecule has 4 aliphatic rings. The van der Waals surface area contributed by atoms with Gasteiger partial charge in [-0.15, -0.1) is 0 Å². The predicted molar refractivity (Wildman–Crippen MR) is 204 cm³/mol. The van der Waals surface area contributed by atoms with Crippen LogP contribution >= 0.6 is 0 Å². The normalized spacial score (nSPS) is 27.9. The quantitative estimate of drug-likeness (QED) is 0.262. The van der Waals surface area contributed by atoms with Gasteiger partial charge in [-0.25, -0.2) is 18.0 Å². The third kappa shape index (κ3) is 10.1. The molecule has 0 unspecified atom stereocenters. The number of hydrogen-bond acceptors (Lipinski definition) is 11. The summed E-state index contributed by atoms with van der Waals surface area (Å²) in [6, 6.07) is -0.941. The topological polar surface area (TPSA) is 228 Å². The molecule has 4 fully saturated rings. The first-order valence-corrected chi connectivity index (χ1v) is 19.8. The highest BCUT2D eigenvalue weighted by Gasteiger charge is 2.49. The van der Waals surface area contributed by atoms with Crippen molar-refractivity contribution in [2.75, 3.05) is 32.8 Å². The fraction of sp³-hybridized carbons (Fsp3) is 0.512. The van der Waals surface area contributed by atoms with E-state index in [0.29, 0.717) is 6.07 Å². The van der Waals surface area contributed by atoms with E-state index in [1.54, 1.807) is 13.0 Å². The highest BCUT2D eigenvalue weighted by atomic mass is 19.1. The first kappa shape index (κ1) is 44.5. The molecular formula is C41H46F3N7O10. The summed E-state index contributed by atoms with van der Waals surface area (Å²) in [7, 11) is 0. The number of carbonyl (C=O) groups is 7. The number of halogens is 3. The molecule has 0 radical (unpaired) electrons. The van der Waals surface area contributed by atoms with Crippen molar-refractivity contribution in [3.05, 3.63) is 70.5 Å². The van der Waals surface area contributed by atoms with E-state index in [9.17, 15) is 57.1 Å². The molecule has 2 aromatic rings. The van der Waals surface area contributed by atoms with Crippen LogP contribution in [0.15, 0.2) is 36.4 Å². The van der Waals surface area contributed by atoms with Crippen molar-refractivity contribution < 1.29 is 61.3 Å². The Labute approximate surface area is 348 Å². The van der Waals surface area contributed by atoms with Crippen molar-refractivity contribution in [3.63, 3.8) is 0 Å². The molecule has 326 valence electrons. The number of esters is 1. The summed E-state index contributed by atoms with van der Waals surface area (Å²) in [5, 5.41) is 27.7. The van der Waals surface area contributed by atoms with E-state index in [-0.39, 0.29) is 61.8 Å². The summed E-state index contributed by atoms with van der Waals surface area (Å²) in [5.74, 6) is -8.96. The highest BCUT2D eigenvalue weighted by Crippen LogP contribution is 2.28. The number of rotatable bonds is 7. The van der Waals surface area contributed by atoms with Gasteiger partial charge in [-0.2, -0.15) is 5.26 Å². The fourth-order valence-electron chi connectivity index (χ4n) is 8.22. The Morgan fingerprint density at radius 3 is 2.31 bits per heavy atom. The Morgan fingerprint density at radius 1 is 0.902 bits per heavy atom. The minimum absolute atomic E-state index is 0.0369. The number of nitriles is 1. The molecule has 4 heterocycles. The Balaban J connectivity index is 1.36. The number of amides is 6. The lowest BCUT2D eigenvalue weighted by Gasteiger charge is -2.39. The summed E-state index contributed by atoms with van der Waals surface area (Å²) in [4.78, 5) is 102. The third-order valence-corrected chi connectivity index (χ3v) is 11.2. The Hall–Kier alpha value is -6.07. The summed E-state index contributed by atoms with van der Waals surface area (Å²) in [6.45, 7) is 3.95. The minimum Gasteiger partial charge on any atom is -0.458 e. The van der Waals surface area contributed by atoms with Crippen molar-refractivity contribution >= 4 is 41.4 Å². The number of nitrogens with zero attached hydrogens (tertiary/aromatic N) is 4. The first-order valence-electron chi connectivity index (χ1n) is 19.8. The van der Waals surface area contributed by atoms with Crippen molar-refractivity contribution in [2.24, 2.45) is 5.92 Å². The molecule has 61 heavy (non-hydrogen) atoms. The molecule has 0 aromatic heterocycles. The second-order valence-corrected chi connectivity index (χ2v) is 15.9. The zero-order chi connectivity index (χ0) is 44.3. The van der Waals surface area contributed by atoms with Crippen LogP contribution < -0.4 is 16.0 Å². The SMILES string of the molecule is C[C@@H]1C[C@H]2C(=O)O[C@@H](C)[C@H](NC(=O)[C@H](Cc3cc(F)cc(F)c3)NC(=O)Cc3ccc(F)c(C#N)c3)C(=O)N3C[C@H](O)C[C@H]3C(=O)N3CCOC[C@H]3C(=O)N[C@@H](C)C(=O)N2C1. The minimum atomic E-state index is -1.82. The molecule has 20 heteroatoms. The number of aliphatic hydroxyl groups is 1. The third-order valence-electron chi connectivity index (χ3n) is 11.2. The van der Waals surface area contributed by atoms with Gasteiger partial charge in [0.05, 0.1) is 31.3 Å². The van der Waals surface area contributed by atoms with Crippen molar-refractivity contribution in [2.45, 2.75) is 94.9 Å². The summed E-state index contributed by atoms with van der Waals surface area (Å²) < 4.78 is 54.0. The van der Waals surface area contributed by atoms with Crippen LogP contribution in [0.2, 0.25) is 0 Å². The lowest BCUT2D eigenvalue weighted by molar-refractivity contribution is -0.164. The van der Waals surface area contributed by atoms with Crippen LogP contribution in [0, 0.1) is 34.7 Å². The van der Waals surface area contributed by atoms with Gasteiger partial charge in [-0.1, -0.05) is 13.0 Å². The summed E-state index contributed by atoms with van der Waals surface area (Å²) in [6.07, 6.45) is -3.89. The maximum Gasteiger partial charge on any atom is 0.329 e. The maximum absolute atomic E-state index is 14.7. The van der Waals surface area contributed by atoms with Gasteiger partial charge in [0.25, 0.3) is 0 Å². The molecule has 0 aliphatic carbocycles. The van der Waals surface area contributed by atoms with Crippen molar-refractivity contribution in [1.29, 1.82) is 5.26 Å². The zero-order valence-electron chi connectivity index (χ0n) is 33.6. The molecule has 4 saturated heterocycles. The van der Waals surface area contributed by atoms with Gasteiger partial charge >= 0.3 is 5.97 Å². The summed E-state index contributed by atoms with van der Waals surface area (Å²) >= 11 is 0. The second kappa shape index (κ2) is 18.7. The van der Waals surface area contributed by atoms with E-state index in [1.165, 1.54) is 29.7 Å². The van der Waals surface area contributed by atoms with E-state index in [1.807, 2.05) is 0 Å². The average Bonchev–Trinajstić information content (AvgIpc) is 3.81. The van der Waals surface area contributed by atoms with Crippen LogP contribution in [0.25, 0.3) is 0 Å². The largest absolute Gasteiger partial charge is 0.458 e. The number of aliphatic hydroxyl groups excluding tert-OH is 1. The molecule has 17 nitrogen and oxygen atoms in total. The average molecular weight is 854 g/mol. The summed E-state index contributed by atoms with van der Waals surface area (Å²) in [5.41, 5.74) is -0.240. The standard InChI is InChI=1S/C41H46F3N7O10/c1-20-8-32-41(59)61-22(3)35(48-36(54)30(12-24-10-26(42)14-27(43)11-24)47-34(53)13-23-4-5-29(44)25(9-23)16-45)40(58)51-18-28(52)15-31(51)39(57)49-6-7-60-19-33(49)37(55)46-21(2)38(56)50(32)17-20/h4-5,9-11,14,20-22,28,30-33,35,52H,6-8,12-13,15,17-19H2,1-3H3,(H,46,55)(H,47,53)(H,48,54)/t20-,21+,22+,28-,30+,31+,32+,33+,35+/m1/s1. The molecule has 6 amide bonds. The monoisotopic (exact) mass is 853 g/mol. The maximum atomic E-state index is 14.7. The number of ether oxygens (including phenoxy) is 2. The number of morpholine rings is 1. The Kier molecular flexibility index (Phi) is 13.6. The van der Waals surface area contributed by atoms with Crippen LogP contribution in [0.1, 0.15) is 50.3 Å². The molecule has 0 bridgehead atoms. The van der Waals surface area contributed by atoms with Crippen molar-refractivity contribution in [3.8, 4) is 6.07 Å². The van der Waals surface area contributed by atoms with Gasteiger partial charge in [0.15, 0.2) is 0 Å². The van der Waals surface area contributed by atoms with Crippen molar-refractivity contribution in [1.82, 2.24) is 30.7 Å². The van der Waals surface area contributed by atoms with E-state index >= 15 is 0 Å². The molecule has 9 atom stereocenters. The number of benzene rings is 2. The van der Waals surface area contributed by atoms with E-state index in [0.717, 1.165) is 29.2 Å². The molecule has 0 saturated carbocycles. The lowest BCUT2D eigenvalue weighted by atomic mass is 10.0. The number of nitrogens with one attached hydrogen (secondary N) is 3. The molecule has 4 N–H and O–H groups in total. The van der Waals surface area contributed by atoms with E-state index < -0.39 is 127 Å². The van der Waals surface area contributed by atoms with Crippen LogP contribution in [-0.4, -0.2) is 143 Å². The number of hydrogen-bond donors (Lipinski definition) is 4. The number of cyclic esters (lactones) is 1. The predicted octanol–water partition coefficient (Wildman–Crippen LogP) is -0.393. The molecular weight excluding hydrogens is 807 g/mol. The molecule has 2 aromatic carbocycles.